The molecule has 0 spiro atoms. The van der Waals surface area contributed by atoms with E-state index in [0.29, 0.717) is 11.9 Å². The molecule has 2 heterocycles. The van der Waals surface area contributed by atoms with Crippen molar-refractivity contribution in [3.05, 3.63) is 0 Å². The van der Waals surface area contributed by atoms with Crippen LogP contribution in [0.1, 0.15) is 26.7 Å². The van der Waals surface area contributed by atoms with E-state index in [2.05, 4.69) is 23.6 Å². The van der Waals surface area contributed by atoms with Gasteiger partial charge in [-0.25, -0.2) is 0 Å². The van der Waals surface area contributed by atoms with E-state index in [0.717, 1.165) is 58.7 Å². The van der Waals surface area contributed by atoms with E-state index in [1.54, 1.807) is 0 Å². The number of rotatable bonds is 4. The van der Waals surface area contributed by atoms with Crippen molar-refractivity contribution in [1.82, 2.24) is 9.80 Å². The molecule has 0 saturated carbocycles. The first-order chi connectivity index (χ1) is 9.03. The zero-order valence-corrected chi connectivity index (χ0v) is 12.3. The summed E-state index contributed by atoms with van der Waals surface area (Å²) < 4.78 is 5.86. The van der Waals surface area contributed by atoms with Crippen LogP contribution in [0, 0.1) is 10.8 Å². The monoisotopic (exact) mass is 268 g/mol. The van der Waals surface area contributed by atoms with Gasteiger partial charge in [0.1, 0.15) is 0 Å². The van der Waals surface area contributed by atoms with Crippen LogP contribution >= 0.6 is 0 Å². The van der Waals surface area contributed by atoms with Gasteiger partial charge >= 0.3 is 0 Å². The summed E-state index contributed by atoms with van der Waals surface area (Å²) in [4.78, 5) is 4.92. The van der Waals surface area contributed by atoms with Gasteiger partial charge in [-0.3, -0.25) is 10.3 Å². The molecule has 5 heteroatoms. The Morgan fingerprint density at radius 2 is 2.00 bits per heavy atom. The van der Waals surface area contributed by atoms with Gasteiger partial charge in [0, 0.05) is 25.0 Å². The lowest BCUT2D eigenvalue weighted by molar-refractivity contribution is -0.0462. The Morgan fingerprint density at radius 1 is 1.32 bits per heavy atom. The predicted molar refractivity (Wildman–Crippen MR) is 77.5 cm³/mol. The second-order valence-corrected chi connectivity index (χ2v) is 6.16. The first-order valence-electron chi connectivity index (χ1n) is 7.44. The summed E-state index contributed by atoms with van der Waals surface area (Å²) in [7, 11) is 0. The van der Waals surface area contributed by atoms with Crippen molar-refractivity contribution in [1.29, 1.82) is 5.41 Å². The highest BCUT2D eigenvalue weighted by molar-refractivity contribution is 5.83. The Kier molecular flexibility index (Phi) is 4.81. The second-order valence-electron chi connectivity index (χ2n) is 6.16. The van der Waals surface area contributed by atoms with Crippen LogP contribution in [0.3, 0.4) is 0 Å². The third kappa shape index (κ3) is 3.68. The summed E-state index contributed by atoms with van der Waals surface area (Å²) >= 11 is 0. The number of nitrogens with two attached hydrogens (primary N) is 1. The Balaban J connectivity index is 1.78. The molecule has 0 bridgehead atoms. The molecule has 2 fully saturated rings. The second kappa shape index (κ2) is 6.20. The van der Waals surface area contributed by atoms with Crippen molar-refractivity contribution in [2.75, 3.05) is 45.9 Å². The molecule has 2 aliphatic rings. The topological polar surface area (TPSA) is 65.6 Å². The van der Waals surface area contributed by atoms with Crippen LogP contribution < -0.4 is 5.73 Å². The van der Waals surface area contributed by atoms with Crippen LogP contribution in [-0.2, 0) is 4.74 Å². The van der Waals surface area contributed by atoms with E-state index in [1.165, 1.54) is 0 Å². The van der Waals surface area contributed by atoms with Crippen molar-refractivity contribution >= 4 is 5.84 Å². The maximum atomic E-state index is 7.68. The van der Waals surface area contributed by atoms with Gasteiger partial charge in [0.25, 0.3) is 0 Å². The van der Waals surface area contributed by atoms with Crippen molar-refractivity contribution in [2.24, 2.45) is 11.1 Å². The molecular weight excluding hydrogens is 240 g/mol. The van der Waals surface area contributed by atoms with Crippen LogP contribution in [0.4, 0.5) is 0 Å². The summed E-state index contributed by atoms with van der Waals surface area (Å²) in [5, 5.41) is 7.68. The maximum absolute atomic E-state index is 7.68. The summed E-state index contributed by atoms with van der Waals surface area (Å²) in [6, 6.07) is 0. The largest absolute Gasteiger partial charge is 0.387 e. The maximum Gasteiger partial charge on any atom is 0.0966 e. The van der Waals surface area contributed by atoms with Crippen LogP contribution in [0.15, 0.2) is 0 Å². The standard InChI is InChI=1S/C14H28N4O/c1-3-17-8-9-19-12(10-17)11-18-6-4-14(2,5-7-18)13(15)16/h12H,3-11H2,1-2H3,(H3,15,16). The van der Waals surface area contributed by atoms with Crippen molar-refractivity contribution in [3.8, 4) is 0 Å². The zero-order chi connectivity index (χ0) is 13.9. The molecule has 5 nitrogen and oxygen atoms in total. The Morgan fingerprint density at radius 3 is 2.58 bits per heavy atom. The molecule has 0 aliphatic carbocycles. The van der Waals surface area contributed by atoms with Crippen LogP contribution in [0.25, 0.3) is 0 Å². The number of ether oxygens (including phenoxy) is 1. The van der Waals surface area contributed by atoms with Gasteiger partial charge in [0.2, 0.25) is 0 Å². The minimum atomic E-state index is -0.0840. The van der Waals surface area contributed by atoms with E-state index in [9.17, 15) is 0 Å². The molecule has 2 saturated heterocycles. The first-order valence-corrected chi connectivity index (χ1v) is 7.44. The molecule has 0 radical (unpaired) electrons. The van der Waals surface area contributed by atoms with Crippen LogP contribution in [0.2, 0.25) is 0 Å². The van der Waals surface area contributed by atoms with Crippen molar-refractivity contribution in [3.63, 3.8) is 0 Å². The lowest BCUT2D eigenvalue weighted by Gasteiger charge is -2.41. The number of likely N-dealkylation sites (tertiary alicyclic amines) is 1. The highest BCUT2D eigenvalue weighted by Gasteiger charge is 2.34. The minimum Gasteiger partial charge on any atom is -0.387 e. The van der Waals surface area contributed by atoms with E-state index in [1.807, 2.05) is 0 Å². The summed E-state index contributed by atoms with van der Waals surface area (Å²) in [6.45, 7) is 11.5. The molecule has 3 N–H and O–H groups in total. The predicted octanol–water partition coefficient (Wildman–Crippen LogP) is 0.745. The van der Waals surface area contributed by atoms with E-state index >= 15 is 0 Å². The van der Waals surface area contributed by atoms with Crippen molar-refractivity contribution < 1.29 is 4.74 Å². The van der Waals surface area contributed by atoms with Crippen LogP contribution in [0.5, 0.6) is 0 Å². The molecule has 19 heavy (non-hydrogen) atoms. The average molecular weight is 268 g/mol. The normalized spacial score (nSPS) is 29.3. The zero-order valence-electron chi connectivity index (χ0n) is 12.3. The molecule has 0 aromatic heterocycles. The molecule has 0 amide bonds. The molecule has 110 valence electrons. The molecular formula is C14H28N4O. The quantitative estimate of drug-likeness (QED) is 0.583. The van der Waals surface area contributed by atoms with Crippen LogP contribution in [-0.4, -0.2) is 67.6 Å². The van der Waals surface area contributed by atoms with Crippen molar-refractivity contribution in [2.45, 2.75) is 32.8 Å². The van der Waals surface area contributed by atoms with E-state index in [4.69, 9.17) is 15.9 Å². The third-order valence-corrected chi connectivity index (χ3v) is 4.74. The third-order valence-electron chi connectivity index (χ3n) is 4.74. The summed E-state index contributed by atoms with van der Waals surface area (Å²) in [5.74, 6) is 0.346. The lowest BCUT2D eigenvalue weighted by atomic mass is 9.79. The minimum absolute atomic E-state index is 0.0840. The number of amidine groups is 1. The lowest BCUT2D eigenvalue weighted by Crippen LogP contribution is -2.51. The number of piperidine rings is 1. The molecule has 1 atom stereocenters. The summed E-state index contributed by atoms with van der Waals surface area (Å²) in [6.07, 6.45) is 2.33. The molecule has 1 unspecified atom stereocenters. The number of morpholine rings is 1. The highest BCUT2D eigenvalue weighted by Crippen LogP contribution is 2.30. The fourth-order valence-corrected chi connectivity index (χ4v) is 2.96. The van der Waals surface area contributed by atoms with Gasteiger partial charge in [-0.1, -0.05) is 13.8 Å². The Bertz CT molecular complexity index is 313. The fraction of sp³-hybridized carbons (Fsp3) is 0.929. The van der Waals surface area contributed by atoms with Gasteiger partial charge in [-0.05, 0) is 32.5 Å². The van der Waals surface area contributed by atoms with Gasteiger partial charge in [-0.2, -0.15) is 0 Å². The summed E-state index contributed by atoms with van der Waals surface area (Å²) in [5.41, 5.74) is 5.62. The smallest absolute Gasteiger partial charge is 0.0966 e. The molecule has 0 aromatic rings. The highest BCUT2D eigenvalue weighted by atomic mass is 16.5. The average Bonchev–Trinajstić information content (AvgIpc) is 2.42. The first kappa shape index (κ1) is 14.8. The van der Waals surface area contributed by atoms with Gasteiger partial charge in [0.05, 0.1) is 18.5 Å². The van der Waals surface area contributed by atoms with Gasteiger partial charge in [0.15, 0.2) is 0 Å². The molecule has 2 rings (SSSR count). The number of likely N-dealkylation sites (N-methyl/N-ethyl adjacent to an activating group) is 1. The number of hydrogen-bond donors (Lipinski definition) is 2. The van der Waals surface area contributed by atoms with E-state index in [-0.39, 0.29) is 5.41 Å². The fourth-order valence-electron chi connectivity index (χ4n) is 2.96. The van der Waals surface area contributed by atoms with Gasteiger partial charge < -0.3 is 15.4 Å². The molecule has 2 aliphatic heterocycles. The Hall–Kier alpha value is -0.650. The van der Waals surface area contributed by atoms with Gasteiger partial charge in [-0.15, -0.1) is 0 Å². The number of nitrogens with one attached hydrogen (secondary N) is 1. The Labute approximate surface area is 116 Å². The molecule has 0 aromatic carbocycles. The SMILES string of the molecule is CCN1CCOC(CN2CCC(C)(C(=N)N)CC2)C1. The number of nitrogens with zero attached hydrogens (tertiary/aromatic N) is 2. The number of hydrogen-bond acceptors (Lipinski definition) is 4. The van der Waals surface area contributed by atoms with E-state index < -0.39 is 0 Å².